The van der Waals surface area contributed by atoms with Crippen LogP contribution < -0.4 is 0 Å². The highest BCUT2D eigenvalue weighted by atomic mass is 14.7. The van der Waals surface area contributed by atoms with E-state index in [1.54, 1.807) is 0 Å². The second-order valence-electron chi connectivity index (χ2n) is 8.82. The van der Waals surface area contributed by atoms with Gasteiger partial charge in [0.15, 0.2) is 0 Å². The summed E-state index contributed by atoms with van der Waals surface area (Å²) in [7, 11) is 0. The van der Waals surface area contributed by atoms with Crippen LogP contribution >= 0.6 is 0 Å². The van der Waals surface area contributed by atoms with Gasteiger partial charge in [-0.25, -0.2) is 0 Å². The number of aromatic nitrogens is 2. The lowest BCUT2D eigenvalue weighted by atomic mass is 9.73. The predicted octanol–water partition coefficient (Wildman–Crippen LogP) is 5.61. The smallest absolute Gasteiger partial charge is 0.0600 e. The molecule has 0 N–H and O–H groups in total. The summed E-state index contributed by atoms with van der Waals surface area (Å²) in [5.74, 6) is 3.58. The van der Waals surface area contributed by atoms with Crippen LogP contribution in [0.4, 0.5) is 0 Å². The van der Waals surface area contributed by atoms with Crippen molar-refractivity contribution in [3.8, 4) is 23.5 Å². The monoisotopic (exact) mass is 344 g/mol. The molecule has 2 nitrogen and oxygen atoms in total. The molecule has 0 unspecified atom stereocenters. The van der Waals surface area contributed by atoms with Crippen LogP contribution in [-0.2, 0) is 12.8 Å². The van der Waals surface area contributed by atoms with E-state index in [2.05, 4.69) is 43.8 Å². The molecule has 0 aromatic carbocycles. The summed E-state index contributed by atoms with van der Waals surface area (Å²) in [6, 6.07) is 4.29. The third-order valence-electron chi connectivity index (χ3n) is 6.18. The Hall–Kier alpha value is -2.14. The van der Waals surface area contributed by atoms with Gasteiger partial charge in [0.2, 0.25) is 0 Å². The molecule has 0 atom stereocenters. The Morgan fingerprint density at radius 1 is 1.23 bits per heavy atom. The average Bonchev–Trinajstić information content (AvgIpc) is 3.14. The zero-order valence-electron chi connectivity index (χ0n) is 16.2. The third kappa shape index (κ3) is 3.05. The van der Waals surface area contributed by atoms with E-state index in [1.165, 1.54) is 60.2 Å². The number of nitrogens with zero attached hydrogens (tertiary/aromatic N) is 2. The molecule has 0 amide bonds. The second kappa shape index (κ2) is 6.54. The normalized spacial score (nSPS) is 19.2. The first-order chi connectivity index (χ1) is 12.5. The first-order valence-corrected chi connectivity index (χ1v) is 9.94. The van der Waals surface area contributed by atoms with E-state index in [0.717, 1.165) is 24.1 Å². The fourth-order valence-electron chi connectivity index (χ4n) is 4.77. The number of hydrogen-bond donors (Lipinski definition) is 0. The zero-order valence-corrected chi connectivity index (χ0v) is 16.2. The molecule has 2 heterocycles. The van der Waals surface area contributed by atoms with Gasteiger partial charge >= 0.3 is 0 Å². The van der Waals surface area contributed by atoms with Crippen molar-refractivity contribution >= 4 is 0 Å². The van der Waals surface area contributed by atoms with Crippen molar-refractivity contribution in [1.29, 1.82) is 0 Å². The fourth-order valence-corrected chi connectivity index (χ4v) is 4.77. The lowest BCUT2D eigenvalue weighted by Gasteiger charge is -2.33. The maximum atomic E-state index is 6.09. The second-order valence-corrected chi connectivity index (χ2v) is 8.82. The Kier molecular flexibility index (Phi) is 4.35. The number of hydrogen-bond acceptors (Lipinski definition) is 2. The summed E-state index contributed by atoms with van der Waals surface area (Å²) in [6.45, 7) is 6.77. The van der Waals surface area contributed by atoms with Crippen molar-refractivity contribution in [3.05, 3.63) is 46.5 Å². The standard InChI is InChI=1S/C24H28N2/c1-5-19-22(18-11-13-25-16(2)14-18)20-15-24(3,4)12-10-21(20)26-23(19)17-8-6-7-9-17/h1,11,13-14,17H,6-10,12,15H2,2-4H3. The Morgan fingerprint density at radius 2 is 2.00 bits per heavy atom. The van der Waals surface area contributed by atoms with Gasteiger partial charge in [0, 0.05) is 29.1 Å². The summed E-state index contributed by atoms with van der Waals surface area (Å²) in [4.78, 5) is 9.58. The van der Waals surface area contributed by atoms with Gasteiger partial charge in [0.1, 0.15) is 0 Å². The van der Waals surface area contributed by atoms with Crippen LogP contribution in [0, 0.1) is 24.7 Å². The molecule has 0 spiro atoms. The summed E-state index contributed by atoms with van der Waals surface area (Å²) in [5, 5.41) is 0. The van der Waals surface area contributed by atoms with Gasteiger partial charge in [-0.05, 0) is 67.7 Å². The van der Waals surface area contributed by atoms with E-state index in [1.807, 2.05) is 6.20 Å². The Morgan fingerprint density at radius 3 is 2.69 bits per heavy atom. The van der Waals surface area contributed by atoms with E-state index in [9.17, 15) is 0 Å². The van der Waals surface area contributed by atoms with Gasteiger partial charge in [-0.3, -0.25) is 9.97 Å². The molecule has 2 heteroatoms. The SMILES string of the molecule is C#Cc1c(C2CCCC2)nc2c(c1-c1ccnc(C)c1)CC(C)(C)CC2. The van der Waals surface area contributed by atoms with Gasteiger partial charge in [-0.15, -0.1) is 6.42 Å². The number of rotatable bonds is 2. The Bertz CT molecular complexity index is 880. The lowest BCUT2D eigenvalue weighted by molar-refractivity contribution is 0.312. The van der Waals surface area contributed by atoms with E-state index in [0.29, 0.717) is 11.3 Å². The quantitative estimate of drug-likeness (QED) is 0.662. The van der Waals surface area contributed by atoms with Crippen molar-refractivity contribution in [3.63, 3.8) is 0 Å². The summed E-state index contributed by atoms with van der Waals surface area (Å²) < 4.78 is 0. The molecule has 1 fully saturated rings. The largest absolute Gasteiger partial charge is 0.262 e. The highest BCUT2D eigenvalue weighted by molar-refractivity contribution is 5.77. The molecule has 0 saturated heterocycles. The highest BCUT2D eigenvalue weighted by Crippen LogP contribution is 2.44. The van der Waals surface area contributed by atoms with Crippen molar-refractivity contribution in [2.45, 2.75) is 71.6 Å². The molecule has 134 valence electrons. The van der Waals surface area contributed by atoms with Crippen molar-refractivity contribution in [2.75, 3.05) is 0 Å². The van der Waals surface area contributed by atoms with Gasteiger partial charge < -0.3 is 0 Å². The van der Waals surface area contributed by atoms with E-state index in [-0.39, 0.29) is 0 Å². The van der Waals surface area contributed by atoms with Gasteiger partial charge in [0.25, 0.3) is 0 Å². The number of aryl methyl sites for hydroxylation is 2. The van der Waals surface area contributed by atoms with Gasteiger partial charge in [0.05, 0.1) is 11.3 Å². The summed E-state index contributed by atoms with van der Waals surface area (Å²) in [6.07, 6.45) is 16.3. The average molecular weight is 345 g/mol. The van der Waals surface area contributed by atoms with Crippen molar-refractivity contribution in [2.24, 2.45) is 5.41 Å². The Balaban J connectivity index is 1.99. The lowest BCUT2D eigenvalue weighted by Crippen LogP contribution is -2.25. The molecule has 1 saturated carbocycles. The molecule has 2 aromatic heterocycles. The van der Waals surface area contributed by atoms with Crippen LogP contribution in [0.1, 0.15) is 80.1 Å². The molecule has 4 rings (SSSR count). The molecular formula is C24H28N2. The van der Waals surface area contributed by atoms with E-state index >= 15 is 0 Å². The Labute approximate surface area is 157 Å². The highest BCUT2D eigenvalue weighted by Gasteiger charge is 2.32. The topological polar surface area (TPSA) is 25.8 Å². The number of terminal acetylenes is 1. The molecular weight excluding hydrogens is 316 g/mol. The minimum atomic E-state index is 0.298. The first-order valence-electron chi connectivity index (χ1n) is 9.94. The molecule has 26 heavy (non-hydrogen) atoms. The van der Waals surface area contributed by atoms with E-state index < -0.39 is 0 Å². The van der Waals surface area contributed by atoms with Crippen molar-refractivity contribution in [1.82, 2.24) is 9.97 Å². The van der Waals surface area contributed by atoms with Crippen LogP contribution in [0.2, 0.25) is 0 Å². The third-order valence-corrected chi connectivity index (χ3v) is 6.18. The molecule has 0 aliphatic heterocycles. The molecule has 2 aliphatic rings. The zero-order chi connectivity index (χ0) is 18.3. The number of pyridine rings is 2. The summed E-state index contributed by atoms with van der Waals surface area (Å²) >= 11 is 0. The van der Waals surface area contributed by atoms with Gasteiger partial charge in [-0.1, -0.05) is 32.6 Å². The molecule has 2 aliphatic carbocycles. The van der Waals surface area contributed by atoms with Gasteiger partial charge in [-0.2, -0.15) is 0 Å². The maximum absolute atomic E-state index is 6.09. The molecule has 0 bridgehead atoms. The minimum absolute atomic E-state index is 0.298. The maximum Gasteiger partial charge on any atom is 0.0600 e. The minimum Gasteiger partial charge on any atom is -0.262 e. The van der Waals surface area contributed by atoms with Crippen LogP contribution in [-0.4, -0.2) is 9.97 Å². The van der Waals surface area contributed by atoms with Crippen LogP contribution in [0.3, 0.4) is 0 Å². The predicted molar refractivity (Wildman–Crippen MR) is 107 cm³/mol. The van der Waals surface area contributed by atoms with E-state index in [4.69, 9.17) is 11.4 Å². The van der Waals surface area contributed by atoms with Crippen molar-refractivity contribution < 1.29 is 0 Å². The molecule has 0 radical (unpaired) electrons. The number of fused-ring (bicyclic) bond motifs is 1. The summed E-state index contributed by atoms with van der Waals surface area (Å²) in [5.41, 5.74) is 8.70. The van der Waals surface area contributed by atoms with Crippen LogP contribution in [0.5, 0.6) is 0 Å². The first kappa shape index (κ1) is 17.3. The molecule has 2 aromatic rings. The van der Waals surface area contributed by atoms with Crippen LogP contribution in [0.15, 0.2) is 18.3 Å². The van der Waals surface area contributed by atoms with Crippen LogP contribution in [0.25, 0.3) is 11.1 Å². The fraction of sp³-hybridized carbons (Fsp3) is 0.500.